The molecular weight excluding hydrogens is 269 g/mol. The Hall–Kier alpha value is -0.730. The van der Waals surface area contributed by atoms with Gasteiger partial charge in [-0.05, 0) is 43.4 Å². The lowest BCUT2D eigenvalue weighted by Crippen LogP contribution is -2.29. The number of alkyl halides is 1. The molecule has 1 aromatic rings. The van der Waals surface area contributed by atoms with Crippen LogP contribution in [0.2, 0.25) is 5.02 Å². The van der Waals surface area contributed by atoms with Crippen LogP contribution >= 0.6 is 23.2 Å². The Morgan fingerprint density at radius 2 is 2.28 bits per heavy atom. The van der Waals surface area contributed by atoms with Crippen LogP contribution in [0.4, 0.5) is 0 Å². The molecule has 18 heavy (non-hydrogen) atoms. The van der Waals surface area contributed by atoms with Crippen LogP contribution < -0.4 is 0 Å². The second-order valence-electron chi connectivity index (χ2n) is 4.80. The summed E-state index contributed by atoms with van der Waals surface area (Å²) >= 11 is 11.8. The number of nitrogens with zero attached hydrogens (tertiary/aromatic N) is 1. The van der Waals surface area contributed by atoms with Crippen LogP contribution in [0.25, 0.3) is 0 Å². The van der Waals surface area contributed by atoms with Crippen LogP contribution in [0, 0.1) is 12.8 Å². The van der Waals surface area contributed by atoms with E-state index in [1.165, 1.54) is 0 Å². The van der Waals surface area contributed by atoms with Gasteiger partial charge in [-0.1, -0.05) is 17.7 Å². The first-order valence-corrected chi connectivity index (χ1v) is 7.15. The molecule has 1 unspecified atom stereocenters. The minimum Gasteiger partial charge on any atom is -0.338 e. The number of carbonyl (C=O) groups is 1. The normalized spacial score (nSPS) is 19.3. The highest BCUT2D eigenvalue weighted by atomic mass is 35.5. The van der Waals surface area contributed by atoms with Crippen molar-refractivity contribution in [2.75, 3.05) is 19.0 Å². The van der Waals surface area contributed by atoms with Crippen LogP contribution in [0.1, 0.15) is 28.8 Å². The minimum atomic E-state index is 0.0899. The molecule has 0 aromatic heterocycles. The van der Waals surface area contributed by atoms with Crippen LogP contribution in [-0.4, -0.2) is 29.8 Å². The highest BCUT2D eigenvalue weighted by Gasteiger charge is 2.27. The summed E-state index contributed by atoms with van der Waals surface area (Å²) in [5, 5.41) is 0.650. The average molecular weight is 286 g/mol. The fourth-order valence-electron chi connectivity index (χ4n) is 2.42. The largest absolute Gasteiger partial charge is 0.338 e. The second kappa shape index (κ2) is 5.94. The fraction of sp³-hybridized carbons (Fsp3) is 0.500. The number of hydrogen-bond donors (Lipinski definition) is 0. The molecule has 1 heterocycles. The predicted molar refractivity (Wildman–Crippen MR) is 75.5 cm³/mol. The van der Waals surface area contributed by atoms with Crippen molar-refractivity contribution >= 4 is 29.1 Å². The first-order valence-electron chi connectivity index (χ1n) is 6.24. The molecular formula is C14H17Cl2NO. The second-order valence-corrected chi connectivity index (χ2v) is 5.58. The summed E-state index contributed by atoms with van der Waals surface area (Å²) in [6, 6.07) is 5.49. The SMILES string of the molecule is Cc1c(Cl)cccc1C(=O)N1CCC(CCCl)C1. The molecule has 2 rings (SSSR count). The van der Waals surface area contributed by atoms with E-state index in [9.17, 15) is 4.79 Å². The Labute approximate surface area is 118 Å². The molecule has 98 valence electrons. The molecule has 0 aliphatic carbocycles. The molecule has 1 aliphatic rings. The molecule has 0 spiro atoms. The summed E-state index contributed by atoms with van der Waals surface area (Å²) in [7, 11) is 0. The zero-order valence-electron chi connectivity index (χ0n) is 10.5. The van der Waals surface area contributed by atoms with Gasteiger partial charge in [0.05, 0.1) is 0 Å². The van der Waals surface area contributed by atoms with E-state index in [0.717, 1.165) is 31.5 Å². The van der Waals surface area contributed by atoms with Gasteiger partial charge in [0.15, 0.2) is 0 Å². The number of amides is 1. The summed E-state index contributed by atoms with van der Waals surface area (Å²) < 4.78 is 0. The van der Waals surface area contributed by atoms with E-state index in [-0.39, 0.29) is 5.91 Å². The number of hydrogen-bond acceptors (Lipinski definition) is 1. The zero-order valence-corrected chi connectivity index (χ0v) is 12.0. The Balaban J connectivity index is 2.11. The van der Waals surface area contributed by atoms with E-state index in [1.807, 2.05) is 30.0 Å². The van der Waals surface area contributed by atoms with Gasteiger partial charge in [-0.3, -0.25) is 4.79 Å². The van der Waals surface area contributed by atoms with Crippen LogP contribution in [0.15, 0.2) is 18.2 Å². The van der Waals surface area contributed by atoms with Gasteiger partial charge in [0, 0.05) is 29.6 Å². The van der Waals surface area contributed by atoms with Crippen molar-refractivity contribution in [1.82, 2.24) is 4.90 Å². The van der Waals surface area contributed by atoms with E-state index in [1.54, 1.807) is 0 Å². The maximum Gasteiger partial charge on any atom is 0.254 e. The summed E-state index contributed by atoms with van der Waals surface area (Å²) in [6.07, 6.45) is 2.04. The molecule has 0 saturated carbocycles. The lowest BCUT2D eigenvalue weighted by Gasteiger charge is -2.18. The molecule has 1 aromatic carbocycles. The van der Waals surface area contributed by atoms with Gasteiger partial charge in [-0.2, -0.15) is 0 Å². The predicted octanol–water partition coefficient (Wildman–Crippen LogP) is 3.74. The van der Waals surface area contributed by atoms with E-state index in [0.29, 0.717) is 22.4 Å². The first kappa shape index (κ1) is 13.7. The Bertz CT molecular complexity index is 447. The maximum absolute atomic E-state index is 12.4. The molecule has 1 aliphatic heterocycles. The van der Waals surface area contributed by atoms with Crippen molar-refractivity contribution in [3.05, 3.63) is 34.3 Å². The lowest BCUT2D eigenvalue weighted by atomic mass is 10.1. The standard InChI is InChI=1S/C14H17Cl2NO/c1-10-12(3-2-4-13(10)16)14(18)17-8-6-11(9-17)5-7-15/h2-4,11H,5-9H2,1H3. The summed E-state index contributed by atoms with van der Waals surface area (Å²) in [5.41, 5.74) is 1.58. The Morgan fingerprint density at radius 3 is 3.00 bits per heavy atom. The molecule has 4 heteroatoms. The Morgan fingerprint density at radius 1 is 1.50 bits per heavy atom. The van der Waals surface area contributed by atoms with Gasteiger partial charge in [-0.15, -0.1) is 11.6 Å². The molecule has 1 amide bonds. The highest BCUT2D eigenvalue weighted by molar-refractivity contribution is 6.31. The van der Waals surface area contributed by atoms with Gasteiger partial charge < -0.3 is 4.90 Å². The number of halogens is 2. The molecule has 0 radical (unpaired) electrons. The van der Waals surface area contributed by atoms with Crippen molar-refractivity contribution in [1.29, 1.82) is 0 Å². The molecule has 0 N–H and O–H groups in total. The third-order valence-electron chi connectivity index (χ3n) is 3.59. The summed E-state index contributed by atoms with van der Waals surface area (Å²) in [5.74, 6) is 1.31. The third-order valence-corrected chi connectivity index (χ3v) is 4.22. The molecule has 1 fully saturated rings. The van der Waals surface area contributed by atoms with Gasteiger partial charge in [0.1, 0.15) is 0 Å². The average Bonchev–Trinajstić information content (AvgIpc) is 2.81. The van der Waals surface area contributed by atoms with Gasteiger partial charge in [0.25, 0.3) is 5.91 Å². The van der Waals surface area contributed by atoms with Crippen molar-refractivity contribution in [2.45, 2.75) is 19.8 Å². The topological polar surface area (TPSA) is 20.3 Å². The van der Waals surface area contributed by atoms with E-state index in [4.69, 9.17) is 23.2 Å². The molecule has 1 atom stereocenters. The Kier molecular flexibility index (Phi) is 4.52. The van der Waals surface area contributed by atoms with E-state index >= 15 is 0 Å². The third kappa shape index (κ3) is 2.81. The first-order chi connectivity index (χ1) is 8.63. The monoisotopic (exact) mass is 285 g/mol. The molecule has 0 bridgehead atoms. The smallest absolute Gasteiger partial charge is 0.254 e. The van der Waals surface area contributed by atoms with Crippen molar-refractivity contribution in [3.63, 3.8) is 0 Å². The van der Waals surface area contributed by atoms with Crippen molar-refractivity contribution < 1.29 is 4.79 Å². The van der Waals surface area contributed by atoms with Crippen LogP contribution in [-0.2, 0) is 0 Å². The summed E-state index contributed by atoms with van der Waals surface area (Å²) in [4.78, 5) is 14.3. The van der Waals surface area contributed by atoms with E-state index in [2.05, 4.69) is 0 Å². The number of likely N-dealkylation sites (tertiary alicyclic amines) is 1. The van der Waals surface area contributed by atoms with Gasteiger partial charge >= 0.3 is 0 Å². The molecule has 1 saturated heterocycles. The quantitative estimate of drug-likeness (QED) is 0.775. The number of rotatable bonds is 3. The van der Waals surface area contributed by atoms with Crippen molar-refractivity contribution in [3.8, 4) is 0 Å². The minimum absolute atomic E-state index is 0.0899. The van der Waals surface area contributed by atoms with Crippen LogP contribution in [0.5, 0.6) is 0 Å². The highest BCUT2D eigenvalue weighted by Crippen LogP contribution is 2.25. The number of carbonyl (C=O) groups excluding carboxylic acids is 1. The molecule has 2 nitrogen and oxygen atoms in total. The van der Waals surface area contributed by atoms with Crippen LogP contribution in [0.3, 0.4) is 0 Å². The van der Waals surface area contributed by atoms with Gasteiger partial charge in [0.2, 0.25) is 0 Å². The fourth-order valence-corrected chi connectivity index (χ4v) is 2.90. The maximum atomic E-state index is 12.4. The number of benzene rings is 1. The lowest BCUT2D eigenvalue weighted by molar-refractivity contribution is 0.0786. The summed E-state index contributed by atoms with van der Waals surface area (Å²) in [6.45, 7) is 3.53. The van der Waals surface area contributed by atoms with Crippen molar-refractivity contribution in [2.24, 2.45) is 5.92 Å². The van der Waals surface area contributed by atoms with E-state index < -0.39 is 0 Å². The zero-order chi connectivity index (χ0) is 13.1. The van der Waals surface area contributed by atoms with Gasteiger partial charge in [-0.25, -0.2) is 0 Å².